The first-order chi connectivity index (χ1) is 10.1. The van der Waals surface area contributed by atoms with Crippen LogP contribution in [0.4, 0.5) is 0 Å². The van der Waals surface area contributed by atoms with Crippen molar-refractivity contribution in [3.8, 4) is 5.75 Å². The topological polar surface area (TPSA) is 56.1 Å². The van der Waals surface area contributed by atoms with Gasteiger partial charge in [0.05, 0.1) is 19.3 Å². The smallest absolute Gasteiger partial charge is 0.244 e. The number of methoxy groups -OCH3 is 1. The molecule has 0 atom stereocenters. The molecule has 0 spiro atoms. The van der Waals surface area contributed by atoms with E-state index in [1.807, 2.05) is 44.3 Å². The number of nitrogens with zero attached hydrogens (tertiary/aromatic N) is 2. The van der Waals surface area contributed by atoms with E-state index in [1.165, 1.54) is 6.08 Å². The van der Waals surface area contributed by atoms with Gasteiger partial charge in [-0.1, -0.05) is 12.1 Å². The molecule has 0 unspecified atom stereocenters. The maximum Gasteiger partial charge on any atom is 0.244 e. The third kappa shape index (κ3) is 4.21. The summed E-state index contributed by atoms with van der Waals surface area (Å²) in [5.41, 5.74) is 2.86. The van der Waals surface area contributed by atoms with Crippen molar-refractivity contribution < 1.29 is 9.53 Å². The Morgan fingerprint density at radius 1 is 1.38 bits per heavy atom. The molecule has 5 heteroatoms. The highest BCUT2D eigenvalue weighted by molar-refractivity contribution is 5.91. The van der Waals surface area contributed by atoms with Gasteiger partial charge in [-0.05, 0) is 36.8 Å². The lowest BCUT2D eigenvalue weighted by molar-refractivity contribution is -0.116. The third-order valence-corrected chi connectivity index (χ3v) is 3.15. The molecule has 1 heterocycles. The van der Waals surface area contributed by atoms with Gasteiger partial charge in [0, 0.05) is 18.8 Å². The van der Waals surface area contributed by atoms with E-state index in [4.69, 9.17) is 4.74 Å². The minimum atomic E-state index is -0.144. The van der Waals surface area contributed by atoms with Crippen molar-refractivity contribution in [3.05, 3.63) is 53.4 Å². The average Bonchev–Trinajstić information content (AvgIpc) is 2.82. The number of benzene rings is 1. The summed E-state index contributed by atoms with van der Waals surface area (Å²) in [5, 5.41) is 7.09. The Balaban J connectivity index is 1.87. The van der Waals surface area contributed by atoms with Gasteiger partial charge in [-0.25, -0.2) is 0 Å². The van der Waals surface area contributed by atoms with E-state index in [-0.39, 0.29) is 5.91 Å². The number of aryl methyl sites for hydroxylation is 2. The number of rotatable bonds is 5. The van der Waals surface area contributed by atoms with Gasteiger partial charge >= 0.3 is 0 Å². The minimum absolute atomic E-state index is 0.144. The summed E-state index contributed by atoms with van der Waals surface area (Å²) in [5.74, 6) is 0.649. The van der Waals surface area contributed by atoms with Gasteiger partial charge < -0.3 is 10.1 Å². The van der Waals surface area contributed by atoms with Crippen LogP contribution < -0.4 is 10.1 Å². The van der Waals surface area contributed by atoms with E-state index in [0.717, 1.165) is 22.7 Å². The summed E-state index contributed by atoms with van der Waals surface area (Å²) in [7, 11) is 3.50. The van der Waals surface area contributed by atoms with Crippen LogP contribution in [0.3, 0.4) is 0 Å². The fourth-order valence-electron chi connectivity index (χ4n) is 1.84. The summed E-state index contributed by atoms with van der Waals surface area (Å²) in [6.07, 6.45) is 3.27. The molecule has 0 aliphatic carbocycles. The fourth-order valence-corrected chi connectivity index (χ4v) is 1.84. The van der Waals surface area contributed by atoms with Crippen LogP contribution in [0.5, 0.6) is 5.75 Å². The molecule has 1 aromatic carbocycles. The highest BCUT2D eigenvalue weighted by Gasteiger charge is 2.02. The Labute approximate surface area is 124 Å². The van der Waals surface area contributed by atoms with Crippen molar-refractivity contribution in [1.82, 2.24) is 15.1 Å². The highest BCUT2D eigenvalue weighted by atomic mass is 16.5. The number of nitrogens with one attached hydrogen (secondary N) is 1. The molecular weight excluding hydrogens is 266 g/mol. The van der Waals surface area contributed by atoms with Crippen LogP contribution in [0.25, 0.3) is 6.08 Å². The number of aromatic nitrogens is 2. The maximum absolute atomic E-state index is 11.7. The number of amides is 1. The van der Waals surface area contributed by atoms with Gasteiger partial charge in [-0.15, -0.1) is 0 Å². The minimum Gasteiger partial charge on any atom is -0.497 e. The molecule has 0 radical (unpaired) electrons. The number of hydrogen-bond donors (Lipinski definition) is 1. The normalized spacial score (nSPS) is 10.8. The Kier molecular flexibility index (Phi) is 4.77. The predicted octanol–water partition coefficient (Wildman–Crippen LogP) is 2.07. The molecule has 1 N–H and O–H groups in total. The number of ether oxygens (including phenoxy) is 1. The van der Waals surface area contributed by atoms with Gasteiger partial charge in [0.25, 0.3) is 0 Å². The number of carbonyl (C=O) groups excluding carboxylic acids is 1. The summed E-state index contributed by atoms with van der Waals surface area (Å²) < 4.78 is 6.87. The number of hydrogen-bond acceptors (Lipinski definition) is 3. The molecule has 21 heavy (non-hydrogen) atoms. The Hall–Kier alpha value is -2.56. The van der Waals surface area contributed by atoms with Crippen molar-refractivity contribution in [3.63, 3.8) is 0 Å². The molecule has 1 amide bonds. The van der Waals surface area contributed by atoms with E-state index in [9.17, 15) is 4.79 Å². The lowest BCUT2D eigenvalue weighted by atomic mass is 10.2. The molecule has 0 fully saturated rings. The van der Waals surface area contributed by atoms with E-state index < -0.39 is 0 Å². The molecule has 2 rings (SSSR count). The molecule has 1 aromatic heterocycles. The van der Waals surface area contributed by atoms with Crippen molar-refractivity contribution >= 4 is 12.0 Å². The van der Waals surface area contributed by atoms with Crippen LogP contribution in [-0.2, 0) is 18.4 Å². The number of carbonyl (C=O) groups is 1. The van der Waals surface area contributed by atoms with Gasteiger partial charge in [0.1, 0.15) is 5.75 Å². The zero-order valence-electron chi connectivity index (χ0n) is 12.5. The Morgan fingerprint density at radius 2 is 2.10 bits per heavy atom. The highest BCUT2D eigenvalue weighted by Crippen LogP contribution is 2.12. The second-order valence-corrected chi connectivity index (χ2v) is 4.72. The van der Waals surface area contributed by atoms with Crippen LogP contribution in [0.2, 0.25) is 0 Å². The van der Waals surface area contributed by atoms with Gasteiger partial charge in [0.2, 0.25) is 5.91 Å². The maximum atomic E-state index is 11.7. The average molecular weight is 285 g/mol. The molecular formula is C16H19N3O2. The first-order valence-electron chi connectivity index (χ1n) is 6.68. The summed E-state index contributed by atoms with van der Waals surface area (Å²) >= 11 is 0. The van der Waals surface area contributed by atoms with Gasteiger partial charge in [0.15, 0.2) is 0 Å². The molecule has 5 nitrogen and oxygen atoms in total. The standard InChI is InChI=1S/C16H19N3O2/c1-12-10-14(18-19(12)2)11-17-16(20)9-6-13-4-7-15(21-3)8-5-13/h4-10H,11H2,1-3H3,(H,17,20)/b9-6+. The Morgan fingerprint density at radius 3 is 2.67 bits per heavy atom. The third-order valence-electron chi connectivity index (χ3n) is 3.15. The SMILES string of the molecule is COc1ccc(/C=C/C(=O)NCc2cc(C)n(C)n2)cc1. The summed E-state index contributed by atoms with van der Waals surface area (Å²) in [6, 6.07) is 9.45. The molecule has 0 aliphatic rings. The van der Waals surface area contributed by atoms with Crippen LogP contribution in [0, 0.1) is 6.92 Å². The monoisotopic (exact) mass is 285 g/mol. The van der Waals surface area contributed by atoms with Crippen LogP contribution >= 0.6 is 0 Å². The molecule has 0 saturated heterocycles. The fraction of sp³-hybridized carbons (Fsp3) is 0.250. The first-order valence-corrected chi connectivity index (χ1v) is 6.68. The van der Waals surface area contributed by atoms with Crippen LogP contribution in [0.1, 0.15) is 17.0 Å². The van der Waals surface area contributed by atoms with E-state index in [2.05, 4.69) is 10.4 Å². The summed E-state index contributed by atoms with van der Waals surface area (Å²) in [6.45, 7) is 2.40. The Bertz CT molecular complexity index is 623. The van der Waals surface area contributed by atoms with Crippen LogP contribution in [-0.4, -0.2) is 22.8 Å². The van der Waals surface area contributed by atoms with Crippen molar-refractivity contribution in [1.29, 1.82) is 0 Å². The quantitative estimate of drug-likeness (QED) is 0.856. The van der Waals surface area contributed by atoms with E-state index in [0.29, 0.717) is 6.54 Å². The zero-order valence-corrected chi connectivity index (χ0v) is 12.5. The first kappa shape index (κ1) is 14.8. The molecule has 110 valence electrons. The van der Waals surface area contributed by atoms with Crippen LogP contribution in [0.15, 0.2) is 36.4 Å². The molecule has 0 saturated carbocycles. The lowest BCUT2D eigenvalue weighted by Gasteiger charge is -2.00. The van der Waals surface area contributed by atoms with Crippen molar-refractivity contribution in [2.45, 2.75) is 13.5 Å². The van der Waals surface area contributed by atoms with E-state index in [1.54, 1.807) is 17.9 Å². The lowest BCUT2D eigenvalue weighted by Crippen LogP contribution is -2.20. The molecule has 2 aromatic rings. The second kappa shape index (κ2) is 6.74. The second-order valence-electron chi connectivity index (χ2n) is 4.72. The molecule has 0 bridgehead atoms. The zero-order chi connectivity index (χ0) is 15.2. The van der Waals surface area contributed by atoms with Gasteiger partial charge in [-0.3, -0.25) is 9.48 Å². The van der Waals surface area contributed by atoms with Gasteiger partial charge in [-0.2, -0.15) is 5.10 Å². The van der Waals surface area contributed by atoms with E-state index >= 15 is 0 Å². The summed E-state index contributed by atoms with van der Waals surface area (Å²) in [4.78, 5) is 11.7. The predicted molar refractivity (Wildman–Crippen MR) is 81.8 cm³/mol. The molecule has 0 aliphatic heterocycles. The largest absolute Gasteiger partial charge is 0.497 e. The van der Waals surface area contributed by atoms with Crippen molar-refractivity contribution in [2.75, 3.05) is 7.11 Å². The van der Waals surface area contributed by atoms with Crippen molar-refractivity contribution in [2.24, 2.45) is 7.05 Å².